The van der Waals surface area contributed by atoms with Gasteiger partial charge in [-0.15, -0.1) is 0 Å². The van der Waals surface area contributed by atoms with Gasteiger partial charge >= 0.3 is 5.97 Å². The average molecular weight is 203 g/mol. The molecule has 0 bridgehead atoms. The van der Waals surface area contributed by atoms with Crippen LogP contribution in [0.5, 0.6) is 0 Å². The van der Waals surface area contributed by atoms with Crippen LogP contribution >= 0.6 is 0 Å². The van der Waals surface area contributed by atoms with E-state index >= 15 is 0 Å². The number of carboxylic acid groups (broad SMARTS) is 1. The number of hydrogen-bond acceptors (Lipinski definition) is 2. The molecule has 0 aliphatic heterocycles. The molecule has 0 spiro atoms. The molecule has 0 aliphatic carbocycles. The fourth-order valence-electron chi connectivity index (χ4n) is 1.34. The van der Waals surface area contributed by atoms with Crippen LogP contribution in [0.4, 0.5) is 0 Å². The molecule has 0 atom stereocenters. The third-order valence-electron chi connectivity index (χ3n) is 2.00. The molecule has 0 saturated heterocycles. The summed E-state index contributed by atoms with van der Waals surface area (Å²) in [7, 11) is 0. The van der Waals surface area contributed by atoms with Gasteiger partial charge in [-0.3, -0.25) is 0 Å². The minimum absolute atomic E-state index is 0.223. The van der Waals surface area contributed by atoms with Crippen LogP contribution in [0.1, 0.15) is 10.4 Å². The molecule has 1 heterocycles. The van der Waals surface area contributed by atoms with E-state index in [0.717, 1.165) is 0 Å². The largest absolute Gasteiger partial charge is 0.478 e. The van der Waals surface area contributed by atoms with Crippen molar-refractivity contribution in [3.63, 3.8) is 0 Å². The lowest BCUT2D eigenvalue weighted by molar-refractivity contribution is 0.0699. The van der Waals surface area contributed by atoms with Crippen molar-refractivity contribution >= 4 is 16.9 Å². The summed E-state index contributed by atoms with van der Waals surface area (Å²) in [6.45, 7) is 0. The van der Waals surface area contributed by atoms with Gasteiger partial charge in [0.1, 0.15) is 0 Å². The summed E-state index contributed by atoms with van der Waals surface area (Å²) in [6, 6.07) is 10.1. The number of benzene rings is 1. The summed E-state index contributed by atoms with van der Waals surface area (Å²) < 4.78 is 5.17. The van der Waals surface area contributed by atoms with Gasteiger partial charge in [0.05, 0.1) is 5.56 Å². The van der Waals surface area contributed by atoms with Crippen LogP contribution in [0.25, 0.3) is 11.0 Å². The highest BCUT2D eigenvalue weighted by molar-refractivity contribution is 6.01. The Balaban J connectivity index is 2.86. The standard InChI is InChI=1S/C11H9NO3/c13-11(14)9-5-3-6-10-8(9)4-1-2-7-12-15-10/h1-7,12H,(H,13,14). The number of carbonyl (C=O) groups is 1. The molecule has 76 valence electrons. The monoisotopic (exact) mass is 203 g/mol. The van der Waals surface area contributed by atoms with Crippen molar-refractivity contribution in [1.82, 2.24) is 5.16 Å². The van der Waals surface area contributed by atoms with Gasteiger partial charge in [0.2, 0.25) is 0 Å². The van der Waals surface area contributed by atoms with Gasteiger partial charge < -0.3 is 9.63 Å². The van der Waals surface area contributed by atoms with Crippen LogP contribution in [-0.4, -0.2) is 16.2 Å². The molecule has 2 rings (SSSR count). The molecule has 15 heavy (non-hydrogen) atoms. The summed E-state index contributed by atoms with van der Waals surface area (Å²) in [5.74, 6) is -0.968. The summed E-state index contributed by atoms with van der Waals surface area (Å²) in [5.41, 5.74) is 0.719. The van der Waals surface area contributed by atoms with E-state index in [4.69, 9.17) is 9.63 Å². The number of hydrogen-bond donors (Lipinski definition) is 2. The maximum Gasteiger partial charge on any atom is 0.336 e. The minimum Gasteiger partial charge on any atom is -0.478 e. The van der Waals surface area contributed by atoms with Gasteiger partial charge in [0.25, 0.3) is 0 Å². The van der Waals surface area contributed by atoms with E-state index < -0.39 is 5.97 Å². The number of fused-ring (bicyclic) bond motifs is 1. The van der Waals surface area contributed by atoms with Crippen LogP contribution in [-0.2, 0) is 0 Å². The van der Waals surface area contributed by atoms with Gasteiger partial charge in [-0.25, -0.2) is 9.95 Å². The van der Waals surface area contributed by atoms with Crippen LogP contribution in [0.3, 0.4) is 0 Å². The van der Waals surface area contributed by atoms with Crippen molar-refractivity contribution in [3.8, 4) is 0 Å². The molecule has 0 aliphatic rings. The number of aromatic amines is 1. The molecule has 0 saturated carbocycles. The van der Waals surface area contributed by atoms with Gasteiger partial charge in [-0.05, 0) is 18.2 Å². The van der Waals surface area contributed by atoms with Crippen molar-refractivity contribution < 1.29 is 14.4 Å². The summed E-state index contributed by atoms with van der Waals surface area (Å²) >= 11 is 0. The van der Waals surface area contributed by atoms with Gasteiger partial charge in [0.15, 0.2) is 5.58 Å². The Morgan fingerprint density at radius 1 is 1.20 bits per heavy atom. The summed E-state index contributed by atoms with van der Waals surface area (Å²) in [4.78, 5) is 10.9. The van der Waals surface area contributed by atoms with Gasteiger partial charge in [-0.1, -0.05) is 18.2 Å². The first kappa shape index (κ1) is 9.33. The first-order valence-corrected chi connectivity index (χ1v) is 4.41. The predicted octanol–water partition coefficient (Wildman–Crippen LogP) is 2.58. The minimum atomic E-state index is -0.968. The van der Waals surface area contributed by atoms with E-state index in [0.29, 0.717) is 11.0 Å². The average Bonchev–Trinajstić information content (AvgIpc) is 2.17. The van der Waals surface area contributed by atoms with Crippen molar-refractivity contribution in [2.45, 2.75) is 0 Å². The SMILES string of the molecule is O=C(O)c1cccc2o[nH]ccccc12. The second-order valence-corrected chi connectivity index (χ2v) is 2.96. The highest BCUT2D eigenvalue weighted by Gasteiger charge is 2.07. The second-order valence-electron chi connectivity index (χ2n) is 2.96. The molecular weight excluding hydrogens is 194 g/mol. The fraction of sp³-hybridized carbons (Fsp3) is 0. The van der Waals surface area contributed by atoms with E-state index in [-0.39, 0.29) is 5.56 Å². The molecule has 1 aromatic carbocycles. The summed E-state index contributed by atoms with van der Waals surface area (Å²) in [5, 5.41) is 12.1. The van der Waals surface area contributed by atoms with Crippen molar-refractivity contribution in [1.29, 1.82) is 0 Å². The number of aromatic nitrogens is 1. The molecule has 2 N–H and O–H groups in total. The smallest absolute Gasteiger partial charge is 0.336 e. The van der Waals surface area contributed by atoms with Crippen molar-refractivity contribution in [2.24, 2.45) is 0 Å². The third kappa shape index (κ3) is 1.83. The lowest BCUT2D eigenvalue weighted by atomic mass is 10.1. The Morgan fingerprint density at radius 2 is 2.07 bits per heavy atom. The molecule has 4 nitrogen and oxygen atoms in total. The first-order valence-electron chi connectivity index (χ1n) is 4.41. The topological polar surface area (TPSA) is 66.2 Å². The predicted molar refractivity (Wildman–Crippen MR) is 55.2 cm³/mol. The second kappa shape index (κ2) is 3.88. The highest BCUT2D eigenvalue weighted by Crippen LogP contribution is 2.16. The number of nitrogens with one attached hydrogen (secondary N) is 1. The first-order chi connectivity index (χ1) is 7.29. The van der Waals surface area contributed by atoms with Crippen LogP contribution < -0.4 is 0 Å². The third-order valence-corrected chi connectivity index (χ3v) is 2.00. The van der Waals surface area contributed by atoms with E-state index in [1.807, 2.05) is 0 Å². The quantitative estimate of drug-likeness (QED) is 0.748. The zero-order chi connectivity index (χ0) is 10.7. The molecule has 1 aromatic heterocycles. The van der Waals surface area contributed by atoms with Crippen molar-refractivity contribution in [2.75, 3.05) is 0 Å². The van der Waals surface area contributed by atoms with Gasteiger partial charge in [0, 0.05) is 11.6 Å². The molecule has 4 heteroatoms. The molecule has 0 radical (unpaired) electrons. The van der Waals surface area contributed by atoms with Gasteiger partial charge in [-0.2, -0.15) is 0 Å². The van der Waals surface area contributed by atoms with Crippen LogP contribution in [0.2, 0.25) is 0 Å². The van der Waals surface area contributed by atoms with Crippen LogP contribution in [0.15, 0.2) is 47.1 Å². The van der Waals surface area contributed by atoms with E-state index in [2.05, 4.69) is 5.16 Å². The lowest BCUT2D eigenvalue weighted by Crippen LogP contribution is -1.96. The molecule has 2 aromatic rings. The van der Waals surface area contributed by atoms with Crippen LogP contribution in [0, 0.1) is 0 Å². The highest BCUT2D eigenvalue weighted by atomic mass is 16.5. The van der Waals surface area contributed by atoms with E-state index in [1.54, 1.807) is 42.6 Å². The zero-order valence-corrected chi connectivity index (χ0v) is 7.81. The van der Waals surface area contributed by atoms with E-state index in [9.17, 15) is 4.79 Å². The Kier molecular flexibility index (Phi) is 2.41. The Bertz CT molecular complexity index is 537. The maximum absolute atomic E-state index is 10.9. The molecule has 0 fully saturated rings. The van der Waals surface area contributed by atoms with E-state index in [1.165, 1.54) is 0 Å². The Hall–Kier alpha value is -2.23. The molecular formula is C11H9NO3. The zero-order valence-electron chi connectivity index (χ0n) is 7.81. The maximum atomic E-state index is 10.9. The Labute approximate surface area is 85.4 Å². The van der Waals surface area contributed by atoms with Crippen molar-refractivity contribution in [3.05, 3.63) is 48.2 Å². The summed E-state index contributed by atoms with van der Waals surface area (Å²) in [6.07, 6.45) is 1.62. The lowest BCUT2D eigenvalue weighted by Gasteiger charge is -1.98. The fourth-order valence-corrected chi connectivity index (χ4v) is 1.34. The molecule has 0 unspecified atom stereocenters. The number of rotatable bonds is 1. The number of aromatic carboxylic acids is 1. The molecule has 0 amide bonds. The number of carboxylic acids is 1. The normalized spacial score (nSPS) is 9.87. The number of H-pyrrole nitrogens is 1. The Morgan fingerprint density at radius 3 is 2.87 bits per heavy atom.